The van der Waals surface area contributed by atoms with Gasteiger partial charge in [-0.15, -0.1) is 0 Å². The second-order valence-corrected chi connectivity index (χ2v) is 8.45. The zero-order valence-corrected chi connectivity index (χ0v) is 17.4. The van der Waals surface area contributed by atoms with Crippen LogP contribution in [-0.2, 0) is 24.4 Å². The standard InChI is InChI=1S/C21H27NO7/c1-22-15(24)10-19-8-12(23)18(27-4)21(28-5)20(19,22)9-14(29-21)11-6-7-13(25-2)17(26-3)16(11)19/h6-7,12,14,18,23H,8-10H2,1-5H3/t12?,14?,18?,19-,20+,21+/m1/s1. The van der Waals surface area contributed by atoms with Gasteiger partial charge in [0.25, 0.3) is 0 Å². The fraction of sp³-hybridized carbons (Fsp3) is 0.667. The summed E-state index contributed by atoms with van der Waals surface area (Å²) < 4.78 is 29.8. The Hall–Kier alpha value is -1.87. The first-order chi connectivity index (χ1) is 13.9. The van der Waals surface area contributed by atoms with Crippen LogP contribution in [0.15, 0.2) is 12.1 Å². The van der Waals surface area contributed by atoms with E-state index in [1.165, 1.54) is 7.11 Å². The normalized spacial score (nSPS) is 41.9. The number of amides is 1. The van der Waals surface area contributed by atoms with E-state index in [0.717, 1.165) is 11.1 Å². The molecule has 0 radical (unpaired) electrons. The number of carbonyl (C=O) groups excluding carboxylic acids is 1. The number of aliphatic hydroxyl groups excluding tert-OH is 1. The number of fused-ring (bicyclic) bond motifs is 3. The van der Waals surface area contributed by atoms with Gasteiger partial charge >= 0.3 is 0 Å². The SMILES string of the molecule is COc1ccc2c(c1OC)[C@@]13CC(=O)N(C)[C@@]14CC2O[C@@]4(OC)C(OC)C(O)C3. The molecule has 2 aliphatic heterocycles. The fourth-order valence-electron chi connectivity index (χ4n) is 6.90. The van der Waals surface area contributed by atoms with Crippen LogP contribution in [0.2, 0.25) is 0 Å². The number of hydrogen-bond acceptors (Lipinski definition) is 7. The van der Waals surface area contributed by atoms with Gasteiger partial charge < -0.3 is 33.7 Å². The number of rotatable bonds is 4. The third-order valence-electron chi connectivity index (χ3n) is 7.81. The zero-order valence-electron chi connectivity index (χ0n) is 17.4. The average molecular weight is 405 g/mol. The molecule has 2 heterocycles. The van der Waals surface area contributed by atoms with E-state index in [1.54, 1.807) is 33.3 Å². The molecule has 8 nitrogen and oxygen atoms in total. The molecule has 5 rings (SSSR count). The molecule has 1 amide bonds. The molecule has 158 valence electrons. The van der Waals surface area contributed by atoms with Crippen LogP contribution in [-0.4, -0.2) is 74.9 Å². The minimum Gasteiger partial charge on any atom is -0.493 e. The molecular formula is C21H27NO7. The summed E-state index contributed by atoms with van der Waals surface area (Å²) in [5, 5.41) is 11.2. The molecular weight excluding hydrogens is 378 g/mol. The summed E-state index contributed by atoms with van der Waals surface area (Å²) in [6, 6.07) is 3.83. The van der Waals surface area contributed by atoms with Crippen LogP contribution in [0.3, 0.4) is 0 Å². The molecule has 2 bridgehead atoms. The Kier molecular flexibility index (Phi) is 3.85. The fourth-order valence-corrected chi connectivity index (χ4v) is 6.90. The predicted octanol–water partition coefficient (Wildman–Crippen LogP) is 1.14. The third kappa shape index (κ3) is 1.79. The molecule has 1 N–H and O–H groups in total. The summed E-state index contributed by atoms with van der Waals surface area (Å²) >= 11 is 0. The molecule has 8 heteroatoms. The Bertz CT molecular complexity index is 890. The maximum atomic E-state index is 13.2. The van der Waals surface area contributed by atoms with Crippen molar-refractivity contribution in [3.8, 4) is 11.5 Å². The summed E-state index contributed by atoms with van der Waals surface area (Å²) in [7, 11) is 8.08. The Morgan fingerprint density at radius 3 is 2.55 bits per heavy atom. The summed E-state index contributed by atoms with van der Waals surface area (Å²) in [5.41, 5.74) is 0.235. The molecule has 1 aromatic carbocycles. The van der Waals surface area contributed by atoms with E-state index in [-0.39, 0.29) is 18.4 Å². The summed E-state index contributed by atoms with van der Waals surface area (Å²) in [5.74, 6) is -0.147. The number of likely N-dealkylation sites (tertiary alicyclic amines) is 1. The predicted molar refractivity (Wildman–Crippen MR) is 101 cm³/mol. The third-order valence-corrected chi connectivity index (χ3v) is 7.81. The van der Waals surface area contributed by atoms with E-state index >= 15 is 0 Å². The lowest BCUT2D eigenvalue weighted by atomic mass is 9.50. The molecule has 3 unspecified atom stereocenters. The van der Waals surface area contributed by atoms with E-state index in [0.29, 0.717) is 24.3 Å². The highest BCUT2D eigenvalue weighted by Crippen LogP contribution is 2.73. The van der Waals surface area contributed by atoms with Gasteiger partial charge in [0.05, 0.1) is 26.4 Å². The van der Waals surface area contributed by atoms with Gasteiger partial charge in [0.1, 0.15) is 11.6 Å². The first-order valence-corrected chi connectivity index (χ1v) is 9.83. The quantitative estimate of drug-likeness (QED) is 0.804. The Labute approximate surface area is 169 Å². The number of likely N-dealkylation sites (N-methyl/N-ethyl adjacent to an activating group) is 1. The van der Waals surface area contributed by atoms with Crippen LogP contribution in [0, 0.1) is 0 Å². The molecule has 4 aliphatic rings. The van der Waals surface area contributed by atoms with Crippen molar-refractivity contribution in [2.75, 3.05) is 35.5 Å². The lowest BCUT2D eigenvalue weighted by Gasteiger charge is -2.60. The summed E-state index contributed by atoms with van der Waals surface area (Å²) in [6.07, 6.45) is -0.810. The van der Waals surface area contributed by atoms with Crippen molar-refractivity contribution in [3.05, 3.63) is 23.3 Å². The van der Waals surface area contributed by atoms with Gasteiger partial charge in [0, 0.05) is 45.1 Å². The van der Waals surface area contributed by atoms with Gasteiger partial charge in [0.15, 0.2) is 11.5 Å². The van der Waals surface area contributed by atoms with Gasteiger partial charge in [-0.3, -0.25) is 4.79 Å². The molecule has 1 aromatic rings. The van der Waals surface area contributed by atoms with Crippen molar-refractivity contribution in [2.45, 2.75) is 54.3 Å². The monoisotopic (exact) mass is 405 g/mol. The number of hydrogen-bond donors (Lipinski definition) is 1. The number of aliphatic hydroxyl groups is 1. The number of nitrogens with zero attached hydrogens (tertiary/aromatic N) is 1. The van der Waals surface area contributed by atoms with E-state index in [1.807, 2.05) is 12.1 Å². The highest BCUT2D eigenvalue weighted by atomic mass is 16.7. The van der Waals surface area contributed by atoms with Crippen LogP contribution in [0.4, 0.5) is 0 Å². The molecule has 2 aliphatic carbocycles. The number of carbonyl (C=O) groups is 1. The Balaban J connectivity index is 1.91. The van der Waals surface area contributed by atoms with Crippen LogP contribution in [0.25, 0.3) is 0 Å². The van der Waals surface area contributed by atoms with Gasteiger partial charge in [-0.2, -0.15) is 0 Å². The Morgan fingerprint density at radius 2 is 1.93 bits per heavy atom. The molecule has 1 saturated carbocycles. The molecule has 1 spiro atoms. The molecule has 6 atom stereocenters. The molecule has 3 fully saturated rings. The van der Waals surface area contributed by atoms with E-state index in [2.05, 4.69) is 0 Å². The molecule has 29 heavy (non-hydrogen) atoms. The van der Waals surface area contributed by atoms with Crippen molar-refractivity contribution in [2.24, 2.45) is 0 Å². The topological polar surface area (TPSA) is 86.7 Å². The number of benzene rings is 1. The molecule has 0 aromatic heterocycles. The molecule has 2 saturated heterocycles. The summed E-state index contributed by atoms with van der Waals surface area (Å²) in [6.45, 7) is 0. The maximum Gasteiger partial charge on any atom is 0.223 e. The Morgan fingerprint density at radius 1 is 1.17 bits per heavy atom. The average Bonchev–Trinajstić information content (AvgIpc) is 3.17. The second kappa shape index (κ2) is 5.85. The minimum absolute atomic E-state index is 0.0163. The lowest BCUT2D eigenvalue weighted by molar-refractivity contribution is -0.338. The smallest absolute Gasteiger partial charge is 0.223 e. The first-order valence-electron chi connectivity index (χ1n) is 9.83. The van der Waals surface area contributed by atoms with E-state index in [9.17, 15) is 9.90 Å². The van der Waals surface area contributed by atoms with Crippen molar-refractivity contribution < 1.29 is 33.6 Å². The van der Waals surface area contributed by atoms with Crippen molar-refractivity contribution >= 4 is 5.91 Å². The number of ether oxygens (including phenoxy) is 5. The van der Waals surface area contributed by atoms with Crippen LogP contribution < -0.4 is 9.47 Å². The van der Waals surface area contributed by atoms with Crippen molar-refractivity contribution in [1.82, 2.24) is 4.90 Å². The van der Waals surface area contributed by atoms with Crippen molar-refractivity contribution in [1.29, 1.82) is 0 Å². The van der Waals surface area contributed by atoms with Gasteiger partial charge in [0.2, 0.25) is 11.7 Å². The summed E-state index contributed by atoms with van der Waals surface area (Å²) in [4.78, 5) is 15.0. The highest BCUT2D eigenvalue weighted by Gasteiger charge is 2.84. The van der Waals surface area contributed by atoms with Crippen LogP contribution in [0.1, 0.15) is 36.5 Å². The van der Waals surface area contributed by atoms with Crippen LogP contribution in [0.5, 0.6) is 11.5 Å². The van der Waals surface area contributed by atoms with Crippen molar-refractivity contribution in [3.63, 3.8) is 0 Å². The largest absolute Gasteiger partial charge is 0.493 e. The maximum absolute atomic E-state index is 13.2. The lowest BCUT2D eigenvalue weighted by Crippen LogP contribution is -2.77. The number of methoxy groups -OCH3 is 4. The van der Waals surface area contributed by atoms with Gasteiger partial charge in [-0.05, 0) is 18.1 Å². The van der Waals surface area contributed by atoms with E-state index in [4.69, 9.17) is 23.7 Å². The van der Waals surface area contributed by atoms with Gasteiger partial charge in [-0.1, -0.05) is 6.07 Å². The van der Waals surface area contributed by atoms with Crippen LogP contribution >= 0.6 is 0 Å². The minimum atomic E-state index is -1.30. The highest BCUT2D eigenvalue weighted by molar-refractivity contribution is 5.85. The first kappa shape index (κ1) is 19.1. The second-order valence-electron chi connectivity index (χ2n) is 8.45. The van der Waals surface area contributed by atoms with Gasteiger partial charge in [-0.25, -0.2) is 0 Å². The zero-order chi connectivity index (χ0) is 20.8. The van der Waals surface area contributed by atoms with E-state index < -0.39 is 28.9 Å².